The third-order valence-electron chi connectivity index (χ3n) is 8.83. The Hall–Kier alpha value is -1.07. The van der Waals surface area contributed by atoms with Gasteiger partial charge in [0.2, 0.25) is 5.79 Å². The normalized spacial score (nSPS) is 41.0. The van der Waals surface area contributed by atoms with Crippen molar-refractivity contribution < 1.29 is 44.2 Å². The average molecular weight is 531 g/mol. The molecule has 2 aliphatic heterocycles. The zero-order valence-electron chi connectivity index (χ0n) is 23.8. The Kier molecular flexibility index (Phi) is 11.6. The second kappa shape index (κ2) is 13.3. The van der Waals surface area contributed by atoms with Gasteiger partial charge >= 0.3 is 5.97 Å². The van der Waals surface area contributed by atoms with Gasteiger partial charge in [0.25, 0.3) is 0 Å². The first-order valence-electron chi connectivity index (χ1n) is 13.6. The molecule has 10 atom stereocenters. The fourth-order valence-electron chi connectivity index (χ4n) is 5.43. The van der Waals surface area contributed by atoms with Crippen molar-refractivity contribution in [3.05, 3.63) is 11.6 Å². The van der Waals surface area contributed by atoms with Crippen LogP contribution in [0.15, 0.2) is 11.6 Å². The van der Waals surface area contributed by atoms with Crippen molar-refractivity contribution in [3.63, 3.8) is 0 Å². The number of methoxy groups -OCH3 is 2. The molecule has 0 spiro atoms. The molecule has 216 valence electrons. The molecule has 2 saturated heterocycles. The van der Waals surface area contributed by atoms with E-state index in [1.54, 1.807) is 13.8 Å². The Morgan fingerprint density at radius 3 is 2.32 bits per heavy atom. The first-order valence-corrected chi connectivity index (χ1v) is 13.6. The van der Waals surface area contributed by atoms with Gasteiger partial charge in [0.05, 0.1) is 30.3 Å². The molecule has 2 fully saturated rings. The maximum Gasteiger partial charge on any atom is 0.309 e. The molecule has 37 heavy (non-hydrogen) atoms. The standard InChI is InChI=1S/C28H50O9/c1-9-19(15-29)10-17(3)22-12-20(34-7)14-24(30)27(5,6)28(33)25(31)23(35-8)13-21(37-28)11-16(2)18(4)26(32)36-22/h10,16,18-25,29-31,33H,9,11-15H2,1-8H3/b17-10-/t16?,18-,19+,20-,21-,22-,23+,24?,25?,28?/m0/s1. The quantitative estimate of drug-likeness (QED) is 0.302. The molecule has 0 amide bonds. The van der Waals surface area contributed by atoms with Crippen LogP contribution in [-0.4, -0.2) is 89.6 Å². The molecule has 2 aliphatic rings. The number of hydrogen-bond donors (Lipinski definition) is 4. The highest BCUT2D eigenvalue weighted by molar-refractivity contribution is 5.72. The molecule has 9 nitrogen and oxygen atoms in total. The summed E-state index contributed by atoms with van der Waals surface area (Å²) in [5.41, 5.74) is -0.479. The lowest BCUT2D eigenvalue weighted by atomic mass is 9.70. The second-order valence-corrected chi connectivity index (χ2v) is 11.6. The lowest BCUT2D eigenvalue weighted by molar-refractivity contribution is -0.378. The molecular formula is C28H50O9. The van der Waals surface area contributed by atoms with Crippen molar-refractivity contribution in [3.8, 4) is 0 Å². The van der Waals surface area contributed by atoms with E-state index in [2.05, 4.69) is 0 Å². The van der Waals surface area contributed by atoms with Crippen LogP contribution in [0.1, 0.15) is 73.6 Å². The predicted octanol–water partition coefficient (Wildman–Crippen LogP) is 2.57. The highest BCUT2D eigenvalue weighted by atomic mass is 16.7. The molecule has 4 N–H and O–H groups in total. The smallest absolute Gasteiger partial charge is 0.309 e. The molecule has 0 radical (unpaired) electrons. The van der Waals surface area contributed by atoms with Gasteiger partial charge in [0.1, 0.15) is 12.2 Å². The summed E-state index contributed by atoms with van der Waals surface area (Å²) in [7, 11) is 3.00. The van der Waals surface area contributed by atoms with Gasteiger partial charge in [-0.2, -0.15) is 0 Å². The summed E-state index contributed by atoms with van der Waals surface area (Å²) in [5, 5.41) is 43.9. The van der Waals surface area contributed by atoms with E-state index in [-0.39, 0.29) is 37.3 Å². The zero-order chi connectivity index (χ0) is 28.1. The first-order chi connectivity index (χ1) is 17.2. The Bertz CT molecular complexity index is 765. The molecule has 9 heteroatoms. The van der Waals surface area contributed by atoms with Crippen molar-refractivity contribution in [1.29, 1.82) is 0 Å². The van der Waals surface area contributed by atoms with E-state index in [1.807, 2.05) is 33.8 Å². The average Bonchev–Trinajstić information content (AvgIpc) is 2.86. The van der Waals surface area contributed by atoms with Crippen LogP contribution in [0.3, 0.4) is 0 Å². The van der Waals surface area contributed by atoms with Gasteiger partial charge in [-0.05, 0) is 31.3 Å². The van der Waals surface area contributed by atoms with Crippen LogP contribution in [0.5, 0.6) is 0 Å². The number of ether oxygens (including phenoxy) is 4. The summed E-state index contributed by atoms with van der Waals surface area (Å²) < 4.78 is 23.4. The Morgan fingerprint density at radius 2 is 1.78 bits per heavy atom. The third-order valence-corrected chi connectivity index (χ3v) is 8.83. The molecule has 0 aromatic carbocycles. The third kappa shape index (κ3) is 7.12. The van der Waals surface area contributed by atoms with Gasteiger partial charge in [-0.1, -0.05) is 40.7 Å². The number of carbonyl (C=O) groups excluding carboxylic acids is 1. The minimum atomic E-state index is -2.09. The summed E-state index contributed by atoms with van der Waals surface area (Å²) in [6.07, 6.45) is -1.02. The van der Waals surface area contributed by atoms with Crippen LogP contribution < -0.4 is 0 Å². The summed E-state index contributed by atoms with van der Waals surface area (Å²) in [6, 6.07) is 0. The first kappa shape index (κ1) is 32.1. The molecule has 0 aliphatic carbocycles. The van der Waals surface area contributed by atoms with Crippen LogP contribution in [-0.2, 0) is 23.7 Å². The summed E-state index contributed by atoms with van der Waals surface area (Å²) in [4.78, 5) is 13.3. The Balaban J connectivity index is 2.52. The highest BCUT2D eigenvalue weighted by Gasteiger charge is 2.60. The predicted molar refractivity (Wildman–Crippen MR) is 139 cm³/mol. The Labute approximate surface area is 222 Å². The van der Waals surface area contributed by atoms with Crippen molar-refractivity contribution in [2.45, 2.75) is 116 Å². The number of carbonyl (C=O) groups is 1. The van der Waals surface area contributed by atoms with E-state index in [1.165, 1.54) is 14.2 Å². The van der Waals surface area contributed by atoms with Crippen molar-refractivity contribution in [2.24, 2.45) is 23.2 Å². The largest absolute Gasteiger partial charge is 0.458 e. The van der Waals surface area contributed by atoms with Gasteiger partial charge in [-0.3, -0.25) is 4.79 Å². The molecule has 0 aromatic heterocycles. The van der Waals surface area contributed by atoms with E-state index in [9.17, 15) is 25.2 Å². The molecular weight excluding hydrogens is 480 g/mol. The monoisotopic (exact) mass is 530 g/mol. The number of aliphatic hydroxyl groups is 4. The number of esters is 1. The van der Waals surface area contributed by atoms with Gasteiger partial charge in [-0.25, -0.2) is 0 Å². The second-order valence-electron chi connectivity index (χ2n) is 11.6. The molecule has 0 aromatic rings. The van der Waals surface area contributed by atoms with Gasteiger partial charge < -0.3 is 39.4 Å². The Morgan fingerprint density at radius 1 is 1.14 bits per heavy atom. The lowest BCUT2D eigenvalue weighted by Crippen LogP contribution is -2.68. The van der Waals surface area contributed by atoms with E-state index < -0.39 is 53.7 Å². The summed E-state index contributed by atoms with van der Waals surface area (Å²) in [5.74, 6) is -3.12. The lowest BCUT2D eigenvalue weighted by Gasteiger charge is -2.54. The molecule has 0 saturated carbocycles. The fraction of sp³-hybridized carbons (Fsp3) is 0.893. The van der Waals surface area contributed by atoms with Crippen LogP contribution in [0.25, 0.3) is 0 Å². The summed E-state index contributed by atoms with van der Waals surface area (Å²) >= 11 is 0. The minimum absolute atomic E-state index is 0.00663. The minimum Gasteiger partial charge on any atom is -0.458 e. The number of aliphatic hydroxyl groups excluding tert-OH is 3. The topological polar surface area (TPSA) is 135 Å². The summed E-state index contributed by atoms with van der Waals surface area (Å²) in [6.45, 7) is 10.9. The number of cyclic esters (lactones) is 1. The highest BCUT2D eigenvalue weighted by Crippen LogP contribution is 2.46. The number of fused-ring (bicyclic) bond motifs is 2. The fourth-order valence-corrected chi connectivity index (χ4v) is 5.43. The maximum absolute atomic E-state index is 13.3. The van der Waals surface area contributed by atoms with Gasteiger partial charge in [-0.15, -0.1) is 0 Å². The maximum atomic E-state index is 13.3. The number of hydrogen-bond acceptors (Lipinski definition) is 9. The molecule has 4 unspecified atom stereocenters. The van der Waals surface area contributed by atoms with Crippen LogP contribution in [0, 0.1) is 23.2 Å². The van der Waals surface area contributed by atoms with Crippen molar-refractivity contribution >= 4 is 5.97 Å². The van der Waals surface area contributed by atoms with Crippen LogP contribution >= 0.6 is 0 Å². The van der Waals surface area contributed by atoms with E-state index in [0.717, 1.165) is 12.0 Å². The van der Waals surface area contributed by atoms with Crippen molar-refractivity contribution in [1.82, 2.24) is 0 Å². The number of rotatable bonds is 6. The van der Waals surface area contributed by atoms with E-state index >= 15 is 0 Å². The van der Waals surface area contributed by atoms with Crippen LogP contribution in [0.2, 0.25) is 0 Å². The van der Waals surface area contributed by atoms with Gasteiger partial charge in [0.15, 0.2) is 0 Å². The molecule has 2 heterocycles. The SMILES string of the molecule is CC[C@H](/C=C(/C)[C@@H]1C[C@H](OC)CC(O)C(C)(C)C2(O)O[C@@H](CC(C)[C@H](C)C(=O)O1)C[C@@H](OC)C2O)CO. The zero-order valence-corrected chi connectivity index (χ0v) is 23.8. The molecule has 2 rings (SSSR count). The van der Waals surface area contributed by atoms with Gasteiger partial charge in [0, 0.05) is 51.4 Å². The van der Waals surface area contributed by atoms with E-state index in [0.29, 0.717) is 12.8 Å². The molecule has 2 bridgehead atoms. The van der Waals surface area contributed by atoms with E-state index in [4.69, 9.17) is 18.9 Å². The van der Waals surface area contributed by atoms with Crippen molar-refractivity contribution in [2.75, 3.05) is 20.8 Å². The van der Waals surface area contributed by atoms with Crippen LogP contribution in [0.4, 0.5) is 0 Å².